The minimum atomic E-state index is -0.350. The molecule has 0 radical (unpaired) electrons. The van der Waals surface area contributed by atoms with Gasteiger partial charge in [0.1, 0.15) is 5.82 Å². The minimum Gasteiger partial charge on any atom is -0.331 e. The molecular formula is C14H19FN2O. The lowest BCUT2D eigenvalue weighted by Crippen LogP contribution is -2.38. The molecule has 1 heterocycles. The quantitative estimate of drug-likeness (QED) is 0.874. The second-order valence-electron chi connectivity index (χ2n) is 5.23. The van der Waals surface area contributed by atoms with Crippen LogP contribution in [-0.2, 0) is 4.79 Å². The molecule has 0 bridgehead atoms. The van der Waals surface area contributed by atoms with Crippen molar-refractivity contribution in [1.82, 2.24) is 4.90 Å². The summed E-state index contributed by atoms with van der Waals surface area (Å²) in [5.41, 5.74) is 7.52. The van der Waals surface area contributed by atoms with Crippen LogP contribution < -0.4 is 5.73 Å². The number of nitrogens with zero attached hydrogens (tertiary/aromatic N) is 1. The van der Waals surface area contributed by atoms with Crippen molar-refractivity contribution in [2.24, 2.45) is 5.73 Å². The van der Waals surface area contributed by atoms with Crippen molar-refractivity contribution in [3.05, 3.63) is 35.1 Å². The van der Waals surface area contributed by atoms with Crippen LogP contribution in [0.3, 0.4) is 0 Å². The predicted molar refractivity (Wildman–Crippen MR) is 68.5 cm³/mol. The summed E-state index contributed by atoms with van der Waals surface area (Å²) >= 11 is 0. The molecule has 4 heteroatoms. The monoisotopic (exact) mass is 250 g/mol. The second-order valence-corrected chi connectivity index (χ2v) is 5.23. The lowest BCUT2D eigenvalue weighted by Gasteiger charge is -2.31. The fraction of sp³-hybridized carbons (Fsp3) is 0.500. The summed E-state index contributed by atoms with van der Waals surface area (Å²) in [5.74, 6) is -0.287. The van der Waals surface area contributed by atoms with Gasteiger partial charge in [-0.1, -0.05) is 17.7 Å². The molecule has 1 aliphatic rings. The van der Waals surface area contributed by atoms with Crippen LogP contribution in [-0.4, -0.2) is 22.9 Å². The van der Waals surface area contributed by atoms with Gasteiger partial charge in [0.05, 0.1) is 6.04 Å². The van der Waals surface area contributed by atoms with Gasteiger partial charge in [0.15, 0.2) is 0 Å². The van der Waals surface area contributed by atoms with E-state index >= 15 is 0 Å². The maximum atomic E-state index is 14.0. The number of halogens is 1. The van der Waals surface area contributed by atoms with Gasteiger partial charge in [-0.3, -0.25) is 4.79 Å². The Morgan fingerprint density at radius 2 is 2.11 bits per heavy atom. The summed E-state index contributed by atoms with van der Waals surface area (Å²) in [6, 6.07) is 4.29. The molecule has 1 fully saturated rings. The van der Waals surface area contributed by atoms with Crippen molar-refractivity contribution in [3.63, 3.8) is 0 Å². The number of likely N-dealkylation sites (tertiary alicyclic amines) is 1. The predicted octanol–water partition coefficient (Wildman–Crippen LogP) is 2.14. The Bertz CT molecular complexity index is 473. The van der Waals surface area contributed by atoms with Gasteiger partial charge in [0.25, 0.3) is 0 Å². The van der Waals surface area contributed by atoms with Crippen LogP contribution in [0.25, 0.3) is 0 Å². The number of nitrogens with two attached hydrogens (primary N) is 1. The van der Waals surface area contributed by atoms with E-state index in [9.17, 15) is 9.18 Å². The average molecular weight is 250 g/mol. The molecule has 2 N–H and O–H groups in total. The molecule has 3 nitrogen and oxygen atoms in total. The largest absolute Gasteiger partial charge is 0.331 e. The Morgan fingerprint density at radius 3 is 2.72 bits per heavy atom. The molecule has 18 heavy (non-hydrogen) atoms. The maximum Gasteiger partial charge on any atom is 0.225 e. The van der Waals surface area contributed by atoms with E-state index in [0.29, 0.717) is 5.56 Å². The van der Waals surface area contributed by atoms with E-state index in [0.717, 1.165) is 5.56 Å². The van der Waals surface area contributed by atoms with Gasteiger partial charge in [0.2, 0.25) is 5.91 Å². The summed E-state index contributed by atoms with van der Waals surface area (Å²) < 4.78 is 14.0. The van der Waals surface area contributed by atoms with Crippen molar-refractivity contribution in [2.45, 2.75) is 45.3 Å². The Morgan fingerprint density at radius 1 is 1.44 bits per heavy atom. The van der Waals surface area contributed by atoms with Crippen molar-refractivity contribution in [2.75, 3.05) is 0 Å². The van der Waals surface area contributed by atoms with Gasteiger partial charge in [-0.05, 0) is 26.8 Å². The Hall–Kier alpha value is -1.42. The van der Waals surface area contributed by atoms with Crippen LogP contribution in [0.2, 0.25) is 0 Å². The topological polar surface area (TPSA) is 46.3 Å². The number of amides is 1. The molecule has 1 amide bonds. The molecule has 2 rings (SSSR count). The van der Waals surface area contributed by atoms with E-state index in [2.05, 4.69) is 0 Å². The van der Waals surface area contributed by atoms with E-state index in [-0.39, 0.29) is 36.3 Å². The number of hydrogen-bond acceptors (Lipinski definition) is 2. The van der Waals surface area contributed by atoms with Gasteiger partial charge >= 0.3 is 0 Å². The van der Waals surface area contributed by atoms with Crippen molar-refractivity contribution >= 4 is 5.91 Å². The van der Waals surface area contributed by atoms with E-state index in [1.165, 1.54) is 6.07 Å². The Balaban J connectivity index is 2.46. The first-order valence-electron chi connectivity index (χ1n) is 6.24. The van der Waals surface area contributed by atoms with Crippen LogP contribution in [0.4, 0.5) is 4.39 Å². The van der Waals surface area contributed by atoms with E-state index in [1.807, 2.05) is 20.8 Å². The smallest absolute Gasteiger partial charge is 0.225 e. The SMILES string of the molecule is Cc1ccc(F)c(C2C(N)CC(=O)N2C(C)C)c1. The first-order valence-corrected chi connectivity index (χ1v) is 6.24. The van der Waals surface area contributed by atoms with Crippen LogP contribution in [0.15, 0.2) is 18.2 Å². The number of rotatable bonds is 2. The number of hydrogen-bond donors (Lipinski definition) is 1. The third-order valence-electron chi connectivity index (χ3n) is 3.43. The van der Waals surface area contributed by atoms with Crippen LogP contribution in [0, 0.1) is 12.7 Å². The second kappa shape index (κ2) is 4.69. The lowest BCUT2D eigenvalue weighted by molar-refractivity contribution is -0.130. The molecule has 0 aromatic heterocycles. The van der Waals surface area contributed by atoms with Crippen LogP contribution in [0.5, 0.6) is 0 Å². The first-order chi connectivity index (χ1) is 8.41. The molecule has 2 unspecified atom stereocenters. The number of carbonyl (C=O) groups excluding carboxylic acids is 1. The van der Waals surface area contributed by atoms with Crippen LogP contribution >= 0.6 is 0 Å². The fourth-order valence-corrected chi connectivity index (χ4v) is 2.66. The standard InChI is InChI=1S/C14H19FN2O/c1-8(2)17-13(18)7-12(16)14(17)10-6-9(3)4-5-11(10)15/h4-6,8,12,14H,7,16H2,1-3H3. The molecule has 0 aliphatic carbocycles. The van der Waals surface area contributed by atoms with E-state index < -0.39 is 0 Å². The molecule has 1 aromatic carbocycles. The average Bonchev–Trinajstić information content (AvgIpc) is 2.57. The molecular weight excluding hydrogens is 231 g/mol. The van der Waals surface area contributed by atoms with Gasteiger partial charge < -0.3 is 10.6 Å². The van der Waals surface area contributed by atoms with Gasteiger partial charge in [0, 0.05) is 24.1 Å². The zero-order valence-electron chi connectivity index (χ0n) is 11.0. The molecule has 2 atom stereocenters. The molecule has 1 aliphatic heterocycles. The number of aryl methyl sites for hydroxylation is 1. The molecule has 1 aromatic rings. The summed E-state index contributed by atoms with van der Waals surface area (Å²) in [6.07, 6.45) is 0.288. The third-order valence-corrected chi connectivity index (χ3v) is 3.43. The molecule has 98 valence electrons. The van der Waals surface area contributed by atoms with Gasteiger partial charge in [-0.15, -0.1) is 0 Å². The van der Waals surface area contributed by atoms with Crippen molar-refractivity contribution in [3.8, 4) is 0 Å². The summed E-state index contributed by atoms with van der Waals surface area (Å²) in [5, 5.41) is 0. The number of benzene rings is 1. The lowest BCUT2D eigenvalue weighted by atomic mass is 9.98. The Labute approximate surface area is 107 Å². The van der Waals surface area contributed by atoms with E-state index in [1.54, 1.807) is 17.0 Å². The normalized spacial score (nSPS) is 24.1. The Kier molecular flexibility index (Phi) is 3.39. The first kappa shape index (κ1) is 13.0. The highest BCUT2D eigenvalue weighted by Gasteiger charge is 2.41. The zero-order valence-corrected chi connectivity index (χ0v) is 11.0. The summed E-state index contributed by atoms with van der Waals surface area (Å²) in [7, 11) is 0. The fourth-order valence-electron chi connectivity index (χ4n) is 2.66. The number of carbonyl (C=O) groups is 1. The third kappa shape index (κ3) is 2.12. The maximum absolute atomic E-state index is 14.0. The van der Waals surface area contributed by atoms with Gasteiger partial charge in [-0.25, -0.2) is 4.39 Å². The highest BCUT2D eigenvalue weighted by atomic mass is 19.1. The molecule has 0 saturated carbocycles. The summed E-state index contributed by atoms with van der Waals surface area (Å²) in [4.78, 5) is 13.6. The van der Waals surface area contributed by atoms with Crippen molar-refractivity contribution < 1.29 is 9.18 Å². The molecule has 0 spiro atoms. The minimum absolute atomic E-state index is 0.00315. The van der Waals surface area contributed by atoms with E-state index in [4.69, 9.17) is 5.73 Å². The summed E-state index contributed by atoms with van der Waals surface area (Å²) in [6.45, 7) is 5.76. The highest BCUT2D eigenvalue weighted by Crippen LogP contribution is 2.35. The highest BCUT2D eigenvalue weighted by molar-refractivity contribution is 5.80. The van der Waals surface area contributed by atoms with Crippen LogP contribution in [0.1, 0.15) is 37.4 Å². The zero-order chi connectivity index (χ0) is 13.4. The van der Waals surface area contributed by atoms with Crippen molar-refractivity contribution in [1.29, 1.82) is 0 Å². The molecule has 1 saturated heterocycles. The van der Waals surface area contributed by atoms with Gasteiger partial charge in [-0.2, -0.15) is 0 Å².